The molecule has 1 amide bonds. The van der Waals surface area contributed by atoms with E-state index in [1.807, 2.05) is 29.1 Å². The van der Waals surface area contributed by atoms with Crippen molar-refractivity contribution >= 4 is 12.0 Å². The number of aromatic nitrogens is 2. The van der Waals surface area contributed by atoms with Crippen LogP contribution < -0.4 is 5.32 Å². The van der Waals surface area contributed by atoms with E-state index in [2.05, 4.69) is 42.5 Å². The lowest BCUT2D eigenvalue weighted by molar-refractivity contribution is -0.181. The van der Waals surface area contributed by atoms with Gasteiger partial charge in [-0.3, -0.25) is 4.79 Å². The molecule has 0 spiro atoms. The number of carbonyl (C=O) groups is 1. The van der Waals surface area contributed by atoms with Crippen LogP contribution in [-0.4, -0.2) is 37.6 Å². The highest BCUT2D eigenvalue weighted by atomic mass is 19.1. The number of aliphatic hydroxyl groups excluding tert-OH is 1. The third-order valence-corrected chi connectivity index (χ3v) is 12.5. The molecular formula is C36H40FN3O3. The molecule has 4 saturated carbocycles. The summed E-state index contributed by atoms with van der Waals surface area (Å²) in [5.74, 6) is -0.132. The minimum Gasteiger partial charge on any atom is -0.393 e. The van der Waals surface area contributed by atoms with Gasteiger partial charge < -0.3 is 15.5 Å². The van der Waals surface area contributed by atoms with Crippen molar-refractivity contribution in [3.8, 4) is 5.69 Å². The minimum atomic E-state index is -1.51. The van der Waals surface area contributed by atoms with Crippen LogP contribution in [0.1, 0.15) is 75.6 Å². The quantitative estimate of drug-likeness (QED) is 0.369. The first-order valence-corrected chi connectivity index (χ1v) is 15.9. The lowest BCUT2D eigenvalue weighted by Crippen LogP contribution is -2.64. The normalized spacial score (nSPS) is 36.9. The lowest BCUT2D eigenvalue weighted by atomic mass is 9.45. The van der Waals surface area contributed by atoms with Crippen molar-refractivity contribution in [2.75, 3.05) is 0 Å². The molecule has 0 bridgehead atoms. The highest BCUT2D eigenvalue weighted by molar-refractivity contribution is 5.87. The van der Waals surface area contributed by atoms with E-state index in [9.17, 15) is 19.4 Å². The fraction of sp³-hybridized carbons (Fsp3) is 0.500. The largest absolute Gasteiger partial charge is 0.393 e. The Bertz CT molecular complexity index is 1630. The molecule has 3 aromatic rings. The maximum absolute atomic E-state index is 14.0. The molecule has 5 aliphatic rings. The molecule has 1 heterocycles. The van der Waals surface area contributed by atoms with E-state index in [4.69, 9.17) is 0 Å². The van der Waals surface area contributed by atoms with Crippen LogP contribution >= 0.6 is 0 Å². The first-order valence-electron chi connectivity index (χ1n) is 15.9. The Labute approximate surface area is 252 Å². The van der Waals surface area contributed by atoms with Gasteiger partial charge in [0.1, 0.15) is 11.4 Å². The second-order valence-corrected chi connectivity index (χ2v) is 14.5. The molecule has 7 atom stereocenters. The summed E-state index contributed by atoms with van der Waals surface area (Å²) in [6, 6.07) is 16.5. The van der Waals surface area contributed by atoms with Crippen molar-refractivity contribution in [3.05, 3.63) is 89.0 Å². The summed E-state index contributed by atoms with van der Waals surface area (Å²) in [5.41, 5.74) is 2.58. The second kappa shape index (κ2) is 9.12. The SMILES string of the molecule is C[C@]12Cc3cnn(-c4ccc(F)cc4)c3C=C1CCC1C2[C@@H](O)C[C@@]2(C)C1CC[C@]2(O)C(=O)NC1(c2ccccc2)CC1. The number of nitrogens with zero attached hydrogens (tertiary/aromatic N) is 2. The Hall–Kier alpha value is -3.29. The van der Waals surface area contributed by atoms with E-state index in [1.54, 1.807) is 12.1 Å². The zero-order valence-corrected chi connectivity index (χ0v) is 24.9. The number of nitrogens with one attached hydrogen (secondary N) is 1. The molecule has 6 nitrogen and oxygen atoms in total. The first-order chi connectivity index (χ1) is 20.6. The number of carbonyl (C=O) groups excluding carboxylic acids is 1. The Kier molecular flexibility index (Phi) is 5.78. The second-order valence-electron chi connectivity index (χ2n) is 14.5. The van der Waals surface area contributed by atoms with E-state index in [0.717, 1.165) is 61.0 Å². The molecule has 0 aliphatic heterocycles. The number of benzene rings is 2. The van der Waals surface area contributed by atoms with Crippen molar-refractivity contribution in [2.24, 2.45) is 28.6 Å². The Morgan fingerprint density at radius 2 is 1.79 bits per heavy atom. The van der Waals surface area contributed by atoms with Crippen molar-refractivity contribution in [1.82, 2.24) is 15.1 Å². The molecule has 224 valence electrons. The number of allylic oxidation sites excluding steroid dienone is 1. The predicted molar refractivity (Wildman–Crippen MR) is 161 cm³/mol. The van der Waals surface area contributed by atoms with Crippen molar-refractivity contribution in [1.29, 1.82) is 0 Å². The summed E-state index contributed by atoms with van der Waals surface area (Å²) < 4.78 is 15.5. The summed E-state index contributed by atoms with van der Waals surface area (Å²) in [6.45, 7) is 4.36. The van der Waals surface area contributed by atoms with Gasteiger partial charge in [0.15, 0.2) is 0 Å². The van der Waals surface area contributed by atoms with E-state index >= 15 is 0 Å². The summed E-state index contributed by atoms with van der Waals surface area (Å²) in [6.07, 6.45) is 9.52. The summed E-state index contributed by atoms with van der Waals surface area (Å²) in [5, 5.41) is 32.2. The van der Waals surface area contributed by atoms with Crippen molar-refractivity contribution in [3.63, 3.8) is 0 Å². The average molecular weight is 582 g/mol. The molecule has 2 aromatic carbocycles. The smallest absolute Gasteiger partial charge is 0.253 e. The Morgan fingerprint density at radius 1 is 1.05 bits per heavy atom. The maximum atomic E-state index is 14.0. The third-order valence-electron chi connectivity index (χ3n) is 12.5. The zero-order valence-electron chi connectivity index (χ0n) is 24.9. The van der Waals surface area contributed by atoms with Gasteiger partial charge in [-0.25, -0.2) is 9.07 Å². The lowest BCUT2D eigenvalue weighted by Gasteiger charge is -2.60. The molecule has 3 N–H and O–H groups in total. The van der Waals surface area contributed by atoms with Crippen LogP contribution in [0.3, 0.4) is 0 Å². The van der Waals surface area contributed by atoms with Gasteiger partial charge in [0.05, 0.1) is 29.2 Å². The van der Waals surface area contributed by atoms with Gasteiger partial charge >= 0.3 is 0 Å². The molecule has 8 rings (SSSR count). The Balaban J connectivity index is 1.08. The van der Waals surface area contributed by atoms with E-state index in [-0.39, 0.29) is 34.9 Å². The fourth-order valence-corrected chi connectivity index (χ4v) is 10.0. The summed E-state index contributed by atoms with van der Waals surface area (Å²) >= 11 is 0. The minimum absolute atomic E-state index is 0.0393. The van der Waals surface area contributed by atoms with Gasteiger partial charge in [-0.05, 0) is 116 Å². The monoisotopic (exact) mass is 581 g/mol. The third kappa shape index (κ3) is 3.77. The molecule has 7 heteroatoms. The summed E-state index contributed by atoms with van der Waals surface area (Å²) in [4.78, 5) is 14.0. The average Bonchev–Trinajstić information content (AvgIpc) is 3.58. The van der Waals surface area contributed by atoms with E-state index < -0.39 is 22.7 Å². The fourth-order valence-electron chi connectivity index (χ4n) is 10.0. The van der Waals surface area contributed by atoms with E-state index in [0.29, 0.717) is 12.8 Å². The van der Waals surface area contributed by atoms with Gasteiger partial charge in [-0.2, -0.15) is 5.10 Å². The van der Waals surface area contributed by atoms with E-state index in [1.165, 1.54) is 17.7 Å². The first kappa shape index (κ1) is 27.3. The zero-order chi connectivity index (χ0) is 29.8. The number of hydrogen-bond acceptors (Lipinski definition) is 4. The van der Waals surface area contributed by atoms with Crippen LogP contribution in [0.5, 0.6) is 0 Å². The molecular weight excluding hydrogens is 541 g/mol. The molecule has 3 unspecified atom stereocenters. The van der Waals surface area contributed by atoms with Gasteiger partial charge in [0.25, 0.3) is 5.91 Å². The van der Waals surface area contributed by atoms with Gasteiger partial charge in [-0.15, -0.1) is 0 Å². The summed E-state index contributed by atoms with van der Waals surface area (Å²) in [7, 11) is 0. The van der Waals surface area contributed by atoms with Gasteiger partial charge in [-0.1, -0.05) is 49.8 Å². The standard InChI is InChI=1S/C36H40FN3O3/c1-33-19-22-21-38-40(26-11-9-25(37)10-12-26)29(22)18-24(33)8-13-27-28-14-15-36(43,34(28,2)20-30(41)31(27)33)32(42)39-35(16-17-35)23-6-4-3-5-7-23/h3-7,9-12,18,21,27-28,30-31,41,43H,8,13-17,19-20H2,1-2H3,(H,39,42)/t27?,28?,30-,31?,33-,34-,36-/m0/s1. The number of rotatable bonds is 4. The van der Waals surface area contributed by atoms with Gasteiger partial charge in [0.2, 0.25) is 0 Å². The molecule has 1 aromatic heterocycles. The molecule has 0 saturated heterocycles. The highest BCUT2D eigenvalue weighted by Gasteiger charge is 2.69. The number of aliphatic hydroxyl groups is 2. The highest BCUT2D eigenvalue weighted by Crippen LogP contribution is 2.67. The number of halogens is 1. The van der Waals surface area contributed by atoms with Crippen LogP contribution in [0.15, 0.2) is 66.4 Å². The van der Waals surface area contributed by atoms with Crippen LogP contribution in [0.25, 0.3) is 11.8 Å². The molecule has 5 aliphatic carbocycles. The number of hydrogen-bond donors (Lipinski definition) is 3. The van der Waals surface area contributed by atoms with Crippen molar-refractivity contribution in [2.45, 2.75) is 82.5 Å². The van der Waals surface area contributed by atoms with Crippen LogP contribution in [0.2, 0.25) is 0 Å². The molecule has 0 radical (unpaired) electrons. The van der Waals surface area contributed by atoms with Crippen LogP contribution in [0, 0.1) is 34.4 Å². The predicted octanol–water partition coefficient (Wildman–Crippen LogP) is 5.70. The molecule has 43 heavy (non-hydrogen) atoms. The molecule has 4 fully saturated rings. The van der Waals surface area contributed by atoms with Crippen LogP contribution in [0.4, 0.5) is 4.39 Å². The van der Waals surface area contributed by atoms with Crippen LogP contribution in [-0.2, 0) is 16.8 Å². The Morgan fingerprint density at radius 3 is 2.51 bits per heavy atom. The van der Waals surface area contributed by atoms with Gasteiger partial charge in [0, 0.05) is 5.41 Å². The topological polar surface area (TPSA) is 87.4 Å². The van der Waals surface area contributed by atoms with Crippen molar-refractivity contribution < 1.29 is 19.4 Å². The number of fused-ring (bicyclic) bond motifs is 6. The number of amides is 1. The maximum Gasteiger partial charge on any atom is 0.253 e.